The van der Waals surface area contributed by atoms with Gasteiger partial charge in [0, 0.05) is 18.2 Å². The molecule has 2 aromatic carbocycles. The number of carbonyl (C=O) groups excluding carboxylic acids is 2. The average Bonchev–Trinajstić information content (AvgIpc) is 2.64. The molecule has 0 saturated heterocycles. The maximum atomic E-state index is 13.3. The van der Waals surface area contributed by atoms with Crippen LogP contribution in [0.3, 0.4) is 0 Å². The van der Waals surface area contributed by atoms with E-state index >= 15 is 0 Å². The highest BCUT2D eigenvalue weighted by atomic mass is 19.1. The topological polar surface area (TPSA) is 111 Å². The summed E-state index contributed by atoms with van der Waals surface area (Å²) in [5.41, 5.74) is 4.54. The largest absolute Gasteiger partial charge is 0.481 e. The molecule has 2 N–H and O–H groups in total. The van der Waals surface area contributed by atoms with E-state index in [2.05, 4.69) is 10.9 Å². The molecule has 9 heteroatoms. The molecular weight excluding hydrogens is 345 g/mol. The van der Waals surface area contributed by atoms with Crippen LogP contribution in [-0.2, 0) is 9.59 Å². The molecule has 26 heavy (non-hydrogen) atoms. The van der Waals surface area contributed by atoms with Crippen molar-refractivity contribution in [3.63, 3.8) is 0 Å². The minimum absolute atomic E-state index is 0.0838. The molecule has 0 radical (unpaired) electrons. The second kappa shape index (κ2) is 8.92. The van der Waals surface area contributed by atoms with Gasteiger partial charge in [0.15, 0.2) is 18.2 Å². The molecule has 0 saturated carbocycles. The van der Waals surface area contributed by atoms with Crippen LogP contribution in [0.2, 0.25) is 0 Å². The standard InChI is InChI=1S/C17H14FN3O5/c18-14-6-1-2-7-15(14)26-11-17(23)20-19-16(22)9-8-12-4-3-5-13(10-12)21(24)25/h1-10H,11H2,(H,19,22)(H,20,23). The summed E-state index contributed by atoms with van der Waals surface area (Å²) in [6.07, 6.45) is 2.45. The van der Waals surface area contributed by atoms with Crippen molar-refractivity contribution >= 4 is 23.6 Å². The van der Waals surface area contributed by atoms with Crippen LogP contribution in [0.5, 0.6) is 5.75 Å². The lowest BCUT2D eigenvalue weighted by Crippen LogP contribution is -2.43. The van der Waals surface area contributed by atoms with Gasteiger partial charge in [0.05, 0.1) is 4.92 Å². The Bertz CT molecular complexity index is 854. The first kappa shape index (κ1) is 18.6. The number of nitro benzene ring substituents is 1. The number of rotatable bonds is 6. The molecule has 2 amide bonds. The Labute approximate surface area is 147 Å². The fourth-order valence-electron chi connectivity index (χ4n) is 1.83. The zero-order valence-electron chi connectivity index (χ0n) is 13.3. The van der Waals surface area contributed by atoms with E-state index in [1.807, 2.05) is 0 Å². The third kappa shape index (κ3) is 5.71. The van der Waals surface area contributed by atoms with E-state index in [1.165, 1.54) is 42.5 Å². The van der Waals surface area contributed by atoms with Crippen molar-refractivity contribution in [1.29, 1.82) is 0 Å². The Balaban J connectivity index is 1.79. The minimum atomic E-state index is -0.689. The summed E-state index contributed by atoms with van der Waals surface area (Å²) in [4.78, 5) is 33.3. The lowest BCUT2D eigenvalue weighted by Gasteiger charge is -2.08. The van der Waals surface area contributed by atoms with Crippen molar-refractivity contribution in [2.75, 3.05) is 6.61 Å². The summed E-state index contributed by atoms with van der Waals surface area (Å²) in [5.74, 6) is -2.04. The first-order valence-electron chi connectivity index (χ1n) is 7.34. The van der Waals surface area contributed by atoms with E-state index in [-0.39, 0.29) is 11.4 Å². The minimum Gasteiger partial charge on any atom is -0.481 e. The van der Waals surface area contributed by atoms with Crippen molar-refractivity contribution < 1.29 is 23.6 Å². The highest BCUT2D eigenvalue weighted by molar-refractivity contribution is 5.93. The SMILES string of the molecule is O=C(C=Cc1cccc([N+](=O)[O-])c1)NNC(=O)COc1ccccc1F. The van der Waals surface area contributed by atoms with Gasteiger partial charge in [-0.1, -0.05) is 24.3 Å². The van der Waals surface area contributed by atoms with Gasteiger partial charge in [-0.2, -0.15) is 0 Å². The highest BCUT2D eigenvalue weighted by Gasteiger charge is 2.07. The lowest BCUT2D eigenvalue weighted by molar-refractivity contribution is -0.384. The maximum absolute atomic E-state index is 13.3. The van der Waals surface area contributed by atoms with E-state index in [4.69, 9.17) is 4.74 Å². The predicted molar refractivity (Wildman–Crippen MR) is 90.3 cm³/mol. The average molecular weight is 359 g/mol. The van der Waals surface area contributed by atoms with E-state index in [0.29, 0.717) is 5.56 Å². The molecule has 0 bridgehead atoms. The number of nitro groups is 1. The Morgan fingerprint density at radius 3 is 2.65 bits per heavy atom. The normalized spacial score (nSPS) is 10.3. The van der Waals surface area contributed by atoms with Gasteiger partial charge in [-0.15, -0.1) is 0 Å². The smallest absolute Gasteiger partial charge is 0.276 e. The molecule has 0 heterocycles. The maximum Gasteiger partial charge on any atom is 0.276 e. The quantitative estimate of drug-likeness (QED) is 0.465. The van der Waals surface area contributed by atoms with Crippen molar-refractivity contribution in [3.05, 3.63) is 76.1 Å². The van der Waals surface area contributed by atoms with Crippen molar-refractivity contribution in [3.8, 4) is 5.75 Å². The molecule has 0 aliphatic heterocycles. The number of amides is 2. The second-order valence-corrected chi connectivity index (χ2v) is 4.94. The molecule has 0 spiro atoms. The first-order chi connectivity index (χ1) is 12.5. The fourth-order valence-corrected chi connectivity index (χ4v) is 1.83. The summed E-state index contributed by atoms with van der Waals surface area (Å²) in [7, 11) is 0. The number of halogens is 1. The van der Waals surface area contributed by atoms with Gasteiger partial charge in [0.1, 0.15) is 0 Å². The number of nitrogens with zero attached hydrogens (tertiary/aromatic N) is 1. The monoisotopic (exact) mass is 359 g/mol. The number of benzene rings is 2. The number of non-ortho nitro benzene ring substituents is 1. The van der Waals surface area contributed by atoms with Crippen LogP contribution in [0.15, 0.2) is 54.6 Å². The second-order valence-electron chi connectivity index (χ2n) is 4.94. The predicted octanol–water partition coefficient (Wildman–Crippen LogP) is 1.97. The Hall–Kier alpha value is -3.75. The lowest BCUT2D eigenvalue weighted by atomic mass is 10.2. The van der Waals surface area contributed by atoms with E-state index < -0.39 is 29.2 Å². The molecule has 134 valence electrons. The molecule has 2 rings (SSSR count). The summed E-state index contributed by atoms with van der Waals surface area (Å²) < 4.78 is 18.3. The number of hydrogen-bond acceptors (Lipinski definition) is 5. The van der Waals surface area contributed by atoms with E-state index in [9.17, 15) is 24.1 Å². The Morgan fingerprint density at radius 2 is 1.92 bits per heavy atom. The third-order valence-corrected chi connectivity index (χ3v) is 3.03. The van der Waals surface area contributed by atoms with Crippen LogP contribution < -0.4 is 15.6 Å². The zero-order valence-corrected chi connectivity index (χ0v) is 13.3. The van der Waals surface area contributed by atoms with Crippen molar-refractivity contribution in [2.45, 2.75) is 0 Å². The number of carbonyl (C=O) groups is 2. The van der Waals surface area contributed by atoms with Crippen LogP contribution in [0.4, 0.5) is 10.1 Å². The summed E-state index contributed by atoms with van der Waals surface area (Å²) in [6.45, 7) is -0.490. The van der Waals surface area contributed by atoms with Gasteiger partial charge in [-0.3, -0.25) is 30.6 Å². The van der Waals surface area contributed by atoms with Crippen LogP contribution in [-0.4, -0.2) is 23.3 Å². The Morgan fingerprint density at radius 1 is 1.15 bits per heavy atom. The molecule has 0 aliphatic carbocycles. The van der Waals surface area contributed by atoms with Gasteiger partial charge in [-0.05, 0) is 23.8 Å². The summed E-state index contributed by atoms with van der Waals surface area (Å²) in [5, 5.41) is 10.7. The van der Waals surface area contributed by atoms with Crippen molar-refractivity contribution in [2.24, 2.45) is 0 Å². The highest BCUT2D eigenvalue weighted by Crippen LogP contribution is 2.15. The number of hydrogen-bond donors (Lipinski definition) is 2. The van der Waals surface area contributed by atoms with Crippen LogP contribution in [0, 0.1) is 15.9 Å². The molecule has 0 fully saturated rings. The van der Waals surface area contributed by atoms with Gasteiger partial charge in [0.25, 0.3) is 17.5 Å². The molecule has 0 atom stereocenters. The first-order valence-corrected chi connectivity index (χ1v) is 7.34. The fraction of sp³-hybridized carbons (Fsp3) is 0.0588. The van der Waals surface area contributed by atoms with Crippen LogP contribution >= 0.6 is 0 Å². The summed E-state index contributed by atoms with van der Waals surface area (Å²) in [6, 6.07) is 11.3. The van der Waals surface area contributed by atoms with E-state index in [0.717, 1.165) is 6.08 Å². The number of ether oxygens (including phenoxy) is 1. The van der Waals surface area contributed by atoms with E-state index in [1.54, 1.807) is 12.1 Å². The molecule has 0 aromatic heterocycles. The summed E-state index contributed by atoms with van der Waals surface area (Å²) >= 11 is 0. The van der Waals surface area contributed by atoms with Crippen molar-refractivity contribution in [1.82, 2.24) is 10.9 Å². The van der Waals surface area contributed by atoms with Crippen LogP contribution in [0.1, 0.15) is 5.56 Å². The molecular formula is C17H14FN3O5. The zero-order chi connectivity index (χ0) is 18.9. The van der Waals surface area contributed by atoms with Gasteiger partial charge >= 0.3 is 0 Å². The number of nitrogens with one attached hydrogen (secondary N) is 2. The van der Waals surface area contributed by atoms with Gasteiger partial charge < -0.3 is 4.74 Å². The van der Waals surface area contributed by atoms with Gasteiger partial charge in [-0.25, -0.2) is 4.39 Å². The Kier molecular flexibility index (Phi) is 6.38. The molecule has 2 aromatic rings. The van der Waals surface area contributed by atoms with Gasteiger partial charge in [0.2, 0.25) is 0 Å². The molecule has 8 nitrogen and oxygen atoms in total. The molecule has 0 aliphatic rings. The molecule has 0 unspecified atom stereocenters. The van der Waals surface area contributed by atoms with Crippen LogP contribution in [0.25, 0.3) is 6.08 Å². The number of hydrazine groups is 1. The third-order valence-electron chi connectivity index (χ3n) is 3.03. The number of para-hydroxylation sites is 1.